The Morgan fingerprint density at radius 2 is 1.37 bits per heavy atom. The van der Waals surface area contributed by atoms with Crippen molar-refractivity contribution in [2.45, 2.75) is 88.1 Å². The number of alkyl halides is 6. The van der Waals surface area contributed by atoms with Gasteiger partial charge in [0.15, 0.2) is 0 Å². The first-order valence-corrected chi connectivity index (χ1v) is 9.66. The Morgan fingerprint density at radius 3 is 1.81 bits per heavy atom. The fourth-order valence-electron chi connectivity index (χ4n) is 6.62. The molecular formula is C19H24F6O2. The van der Waals surface area contributed by atoms with Crippen LogP contribution in [-0.2, 0) is 9.53 Å². The summed E-state index contributed by atoms with van der Waals surface area (Å²) in [4.78, 5) is 11.8. The standard InChI is InChI=1S/C19H24F6O2/c1-15(20,21)14(26)27-16-8-11-6-12(9-16)17(13(7-11)10-16)2-4-18(22,23)19(24,25)5-3-17/h11-13H,2-10H2,1H3. The van der Waals surface area contributed by atoms with Crippen LogP contribution in [0.5, 0.6) is 0 Å². The second-order valence-corrected chi connectivity index (χ2v) is 9.45. The van der Waals surface area contributed by atoms with Gasteiger partial charge in [0, 0.05) is 19.8 Å². The van der Waals surface area contributed by atoms with Crippen LogP contribution < -0.4 is 0 Å². The van der Waals surface area contributed by atoms with Crippen LogP contribution in [0.15, 0.2) is 0 Å². The van der Waals surface area contributed by atoms with Crippen molar-refractivity contribution in [3.63, 3.8) is 0 Å². The Morgan fingerprint density at radius 1 is 0.889 bits per heavy atom. The molecule has 8 heteroatoms. The summed E-state index contributed by atoms with van der Waals surface area (Å²) in [5, 5.41) is 0. The molecule has 5 rings (SSSR count). The number of hydrogen-bond acceptors (Lipinski definition) is 2. The lowest BCUT2D eigenvalue weighted by Crippen LogP contribution is -2.61. The van der Waals surface area contributed by atoms with E-state index in [1.807, 2.05) is 0 Å². The first kappa shape index (κ1) is 19.4. The van der Waals surface area contributed by atoms with E-state index in [1.54, 1.807) is 0 Å². The quantitative estimate of drug-likeness (QED) is 0.447. The highest BCUT2D eigenvalue weighted by Crippen LogP contribution is 2.69. The Kier molecular flexibility index (Phi) is 3.99. The predicted octanol–water partition coefficient (Wildman–Crippen LogP) is 5.59. The molecule has 0 radical (unpaired) electrons. The summed E-state index contributed by atoms with van der Waals surface area (Å²) in [5.74, 6) is -13.3. The molecule has 5 aliphatic carbocycles. The van der Waals surface area contributed by atoms with Crippen molar-refractivity contribution in [1.29, 1.82) is 0 Å². The molecule has 0 N–H and O–H groups in total. The molecule has 0 aromatic rings. The van der Waals surface area contributed by atoms with Crippen molar-refractivity contribution >= 4 is 5.97 Å². The molecule has 5 saturated carbocycles. The van der Waals surface area contributed by atoms with E-state index in [-0.39, 0.29) is 30.6 Å². The Bertz CT molecular complexity index is 605. The van der Waals surface area contributed by atoms with Crippen molar-refractivity contribution < 1.29 is 35.9 Å². The highest BCUT2D eigenvalue weighted by Gasteiger charge is 2.67. The summed E-state index contributed by atoms with van der Waals surface area (Å²) in [6, 6.07) is 0. The second kappa shape index (κ2) is 5.56. The number of carbonyl (C=O) groups is 1. The lowest BCUT2D eigenvalue weighted by Gasteiger charge is -2.65. The van der Waals surface area contributed by atoms with Gasteiger partial charge in [-0.15, -0.1) is 0 Å². The van der Waals surface area contributed by atoms with Gasteiger partial charge in [-0.1, -0.05) is 0 Å². The van der Waals surface area contributed by atoms with Crippen LogP contribution in [0, 0.1) is 23.2 Å². The van der Waals surface area contributed by atoms with Crippen molar-refractivity contribution in [2.24, 2.45) is 23.2 Å². The fourth-order valence-corrected chi connectivity index (χ4v) is 6.62. The largest absolute Gasteiger partial charge is 0.455 e. The molecule has 0 aliphatic heterocycles. The van der Waals surface area contributed by atoms with E-state index in [0.29, 0.717) is 26.2 Å². The Hall–Kier alpha value is -0.950. The molecule has 0 saturated heterocycles. The zero-order valence-electron chi connectivity index (χ0n) is 15.2. The first-order chi connectivity index (χ1) is 12.3. The van der Waals surface area contributed by atoms with Gasteiger partial charge in [-0.3, -0.25) is 0 Å². The van der Waals surface area contributed by atoms with Gasteiger partial charge in [0.25, 0.3) is 0 Å². The molecule has 0 aromatic heterocycles. The molecule has 5 fully saturated rings. The molecule has 2 unspecified atom stereocenters. The number of esters is 1. The van der Waals surface area contributed by atoms with Crippen LogP contribution >= 0.6 is 0 Å². The van der Waals surface area contributed by atoms with Gasteiger partial charge >= 0.3 is 23.7 Å². The lowest BCUT2D eigenvalue weighted by atomic mass is 9.42. The highest BCUT2D eigenvalue weighted by molar-refractivity contribution is 5.77. The van der Waals surface area contributed by atoms with E-state index >= 15 is 0 Å². The van der Waals surface area contributed by atoms with Crippen LogP contribution in [0.3, 0.4) is 0 Å². The zero-order valence-corrected chi connectivity index (χ0v) is 15.2. The van der Waals surface area contributed by atoms with Gasteiger partial charge in [0.2, 0.25) is 0 Å². The average molecular weight is 398 g/mol. The maximum atomic E-state index is 13.9. The summed E-state index contributed by atoms with van der Waals surface area (Å²) in [5.41, 5.74) is -1.61. The summed E-state index contributed by atoms with van der Waals surface area (Å²) < 4.78 is 87.6. The van der Waals surface area contributed by atoms with Gasteiger partial charge in [-0.25, -0.2) is 4.79 Å². The molecular weight excluding hydrogens is 374 g/mol. The van der Waals surface area contributed by atoms with E-state index < -0.39 is 47.6 Å². The van der Waals surface area contributed by atoms with Crippen LogP contribution in [0.25, 0.3) is 0 Å². The number of rotatable bonds is 2. The zero-order chi connectivity index (χ0) is 19.9. The third-order valence-electron chi connectivity index (χ3n) is 7.77. The molecule has 2 atom stereocenters. The van der Waals surface area contributed by atoms with Crippen molar-refractivity contribution in [1.82, 2.24) is 0 Å². The van der Waals surface area contributed by atoms with E-state index in [0.717, 1.165) is 12.8 Å². The number of halogens is 6. The van der Waals surface area contributed by atoms with Crippen LogP contribution in [0.1, 0.15) is 64.7 Å². The third kappa shape index (κ3) is 2.87. The summed E-state index contributed by atoms with van der Waals surface area (Å²) >= 11 is 0. The Balaban J connectivity index is 1.60. The van der Waals surface area contributed by atoms with E-state index in [9.17, 15) is 31.1 Å². The maximum Gasteiger partial charge on any atom is 0.377 e. The minimum Gasteiger partial charge on any atom is -0.455 e. The summed E-state index contributed by atoms with van der Waals surface area (Å²) in [6.45, 7) is 0.493. The van der Waals surface area contributed by atoms with Crippen molar-refractivity contribution in [3.05, 3.63) is 0 Å². The van der Waals surface area contributed by atoms with Crippen LogP contribution in [0.4, 0.5) is 26.3 Å². The molecule has 154 valence electrons. The van der Waals surface area contributed by atoms with Crippen LogP contribution in [-0.4, -0.2) is 29.3 Å². The fraction of sp³-hybridized carbons (Fsp3) is 0.947. The molecule has 0 aromatic carbocycles. The smallest absolute Gasteiger partial charge is 0.377 e. The molecule has 27 heavy (non-hydrogen) atoms. The van der Waals surface area contributed by atoms with Crippen molar-refractivity contribution in [2.75, 3.05) is 0 Å². The van der Waals surface area contributed by atoms with Gasteiger partial charge < -0.3 is 4.74 Å². The van der Waals surface area contributed by atoms with E-state index in [1.165, 1.54) is 0 Å². The number of ether oxygens (including phenoxy) is 1. The van der Waals surface area contributed by atoms with Gasteiger partial charge in [-0.05, 0) is 68.1 Å². The van der Waals surface area contributed by atoms with Gasteiger partial charge in [-0.2, -0.15) is 26.3 Å². The second-order valence-electron chi connectivity index (χ2n) is 9.45. The molecule has 2 nitrogen and oxygen atoms in total. The summed E-state index contributed by atoms with van der Waals surface area (Å²) in [7, 11) is 0. The Labute approximate surface area is 154 Å². The first-order valence-electron chi connectivity index (χ1n) is 9.66. The van der Waals surface area contributed by atoms with E-state index in [2.05, 4.69) is 0 Å². The lowest BCUT2D eigenvalue weighted by molar-refractivity contribution is -0.232. The van der Waals surface area contributed by atoms with Gasteiger partial charge in [0.1, 0.15) is 5.60 Å². The SMILES string of the molecule is CC(F)(F)C(=O)OC12CC3CC(C1)C1(CCC(F)(F)C(F)(F)CC1)C(C3)C2. The topological polar surface area (TPSA) is 26.3 Å². The number of hydrogen-bond donors (Lipinski definition) is 0. The summed E-state index contributed by atoms with van der Waals surface area (Å²) in [6.07, 6.45) is 0.916. The molecule has 0 heterocycles. The molecule has 0 amide bonds. The van der Waals surface area contributed by atoms with Gasteiger partial charge in [0.05, 0.1) is 0 Å². The minimum atomic E-state index is -4.01. The van der Waals surface area contributed by atoms with Crippen LogP contribution in [0.2, 0.25) is 0 Å². The predicted molar refractivity (Wildman–Crippen MR) is 83.8 cm³/mol. The molecule has 4 bridgehead atoms. The highest BCUT2D eigenvalue weighted by atomic mass is 19.3. The average Bonchev–Trinajstić information content (AvgIpc) is 2.60. The molecule has 1 spiro atoms. The molecule has 5 aliphatic rings. The third-order valence-corrected chi connectivity index (χ3v) is 7.77. The van der Waals surface area contributed by atoms with Crippen molar-refractivity contribution in [3.8, 4) is 0 Å². The maximum absolute atomic E-state index is 13.9. The monoisotopic (exact) mass is 398 g/mol. The minimum absolute atomic E-state index is 0.0195. The number of carbonyl (C=O) groups excluding carboxylic acids is 1. The van der Waals surface area contributed by atoms with E-state index in [4.69, 9.17) is 4.74 Å². The normalized spacial score (nSPS) is 41.4.